The first-order valence-electron chi connectivity index (χ1n) is 6.09. The minimum absolute atomic E-state index is 0.441. The molecule has 4 heteroatoms. The van der Waals surface area contributed by atoms with Crippen molar-refractivity contribution in [2.75, 3.05) is 31.6 Å². The van der Waals surface area contributed by atoms with E-state index in [1.807, 2.05) is 19.2 Å². The van der Waals surface area contributed by atoms with E-state index >= 15 is 0 Å². The molecular formula is C13H19BrN2O. The minimum atomic E-state index is -0.441. The molecule has 0 amide bonds. The highest BCUT2D eigenvalue weighted by atomic mass is 79.9. The number of halogens is 1. The van der Waals surface area contributed by atoms with E-state index in [9.17, 15) is 5.11 Å². The van der Waals surface area contributed by atoms with Gasteiger partial charge >= 0.3 is 0 Å². The summed E-state index contributed by atoms with van der Waals surface area (Å²) in [6, 6.07) is 6.14. The molecular weight excluding hydrogens is 280 g/mol. The van der Waals surface area contributed by atoms with Gasteiger partial charge in [0.2, 0.25) is 0 Å². The Morgan fingerprint density at radius 2 is 2.12 bits per heavy atom. The Hall–Kier alpha value is -0.580. The Morgan fingerprint density at radius 3 is 2.71 bits per heavy atom. The first kappa shape index (κ1) is 12.9. The Morgan fingerprint density at radius 1 is 1.41 bits per heavy atom. The van der Waals surface area contributed by atoms with Crippen molar-refractivity contribution in [3.63, 3.8) is 0 Å². The Bertz CT molecular complexity index is 378. The Kier molecular flexibility index (Phi) is 4.42. The largest absolute Gasteiger partial charge is 0.387 e. The van der Waals surface area contributed by atoms with Gasteiger partial charge in [-0.15, -0.1) is 0 Å². The van der Waals surface area contributed by atoms with E-state index in [-0.39, 0.29) is 0 Å². The van der Waals surface area contributed by atoms with Crippen molar-refractivity contribution in [3.8, 4) is 0 Å². The predicted octanol–water partition coefficient (Wildman–Crippen LogP) is 2.30. The summed E-state index contributed by atoms with van der Waals surface area (Å²) >= 11 is 3.60. The highest BCUT2D eigenvalue weighted by molar-refractivity contribution is 9.10. The number of anilines is 1. The van der Waals surface area contributed by atoms with Gasteiger partial charge in [-0.3, -0.25) is 0 Å². The number of benzene rings is 1. The van der Waals surface area contributed by atoms with Crippen LogP contribution in [0.4, 0.5) is 5.69 Å². The third kappa shape index (κ3) is 3.00. The fourth-order valence-electron chi connectivity index (χ4n) is 2.26. The molecule has 0 saturated carbocycles. The number of rotatable bonds is 4. The van der Waals surface area contributed by atoms with Gasteiger partial charge in [0.1, 0.15) is 0 Å². The van der Waals surface area contributed by atoms with E-state index in [4.69, 9.17) is 0 Å². The Labute approximate surface area is 111 Å². The number of aliphatic hydroxyl groups is 1. The highest BCUT2D eigenvalue weighted by Gasteiger charge is 2.16. The summed E-state index contributed by atoms with van der Waals surface area (Å²) in [5.74, 6) is 0. The van der Waals surface area contributed by atoms with Crippen molar-refractivity contribution < 1.29 is 5.11 Å². The third-order valence-electron chi connectivity index (χ3n) is 3.20. The van der Waals surface area contributed by atoms with Crippen molar-refractivity contribution in [2.45, 2.75) is 18.9 Å². The normalized spacial score (nSPS) is 17.5. The summed E-state index contributed by atoms with van der Waals surface area (Å²) in [5, 5.41) is 12.9. The summed E-state index contributed by atoms with van der Waals surface area (Å²) in [6.45, 7) is 2.85. The van der Waals surface area contributed by atoms with Gasteiger partial charge in [-0.2, -0.15) is 0 Å². The number of nitrogens with one attached hydrogen (secondary N) is 1. The topological polar surface area (TPSA) is 35.5 Å². The Balaban J connectivity index is 2.16. The van der Waals surface area contributed by atoms with E-state index in [2.05, 4.69) is 32.2 Å². The van der Waals surface area contributed by atoms with Gasteiger partial charge < -0.3 is 15.3 Å². The molecule has 2 N–H and O–H groups in total. The van der Waals surface area contributed by atoms with Crippen molar-refractivity contribution >= 4 is 21.6 Å². The molecule has 0 bridgehead atoms. The lowest BCUT2D eigenvalue weighted by atomic mass is 10.1. The zero-order valence-electron chi connectivity index (χ0n) is 10.1. The van der Waals surface area contributed by atoms with E-state index < -0.39 is 6.10 Å². The van der Waals surface area contributed by atoms with Gasteiger partial charge in [0.25, 0.3) is 0 Å². The van der Waals surface area contributed by atoms with Gasteiger partial charge in [-0.25, -0.2) is 0 Å². The first-order chi connectivity index (χ1) is 8.22. The summed E-state index contributed by atoms with van der Waals surface area (Å²) in [4.78, 5) is 2.39. The lowest BCUT2D eigenvalue weighted by Crippen LogP contribution is -2.19. The summed E-state index contributed by atoms with van der Waals surface area (Å²) in [5.41, 5.74) is 2.19. The van der Waals surface area contributed by atoms with Gasteiger partial charge in [-0.05, 0) is 53.5 Å². The molecule has 1 unspecified atom stereocenters. The average Bonchev–Trinajstić information content (AvgIpc) is 2.82. The SMILES string of the molecule is CNCC(O)c1ccc(N2CCCC2)c(Br)c1. The van der Waals surface area contributed by atoms with Gasteiger partial charge in [0.15, 0.2) is 0 Å². The zero-order chi connectivity index (χ0) is 12.3. The van der Waals surface area contributed by atoms with Gasteiger partial charge in [-0.1, -0.05) is 6.07 Å². The molecule has 1 aromatic carbocycles. The molecule has 1 saturated heterocycles. The number of hydrogen-bond donors (Lipinski definition) is 2. The smallest absolute Gasteiger partial charge is 0.0914 e. The molecule has 1 aromatic rings. The maximum Gasteiger partial charge on any atom is 0.0914 e. The van der Waals surface area contributed by atoms with Crippen molar-refractivity contribution in [1.82, 2.24) is 5.32 Å². The van der Waals surface area contributed by atoms with Crippen LogP contribution in [0.25, 0.3) is 0 Å². The van der Waals surface area contributed by atoms with Gasteiger partial charge in [0, 0.05) is 24.1 Å². The molecule has 1 atom stereocenters. The van der Waals surface area contributed by atoms with Crippen LogP contribution in [-0.2, 0) is 0 Å². The van der Waals surface area contributed by atoms with Crippen molar-refractivity contribution in [3.05, 3.63) is 28.2 Å². The monoisotopic (exact) mass is 298 g/mol. The molecule has 0 radical (unpaired) electrons. The number of nitrogens with zero attached hydrogens (tertiary/aromatic N) is 1. The second kappa shape index (κ2) is 5.85. The maximum atomic E-state index is 9.90. The van der Waals surface area contributed by atoms with Crippen LogP contribution in [0.1, 0.15) is 24.5 Å². The fourth-order valence-corrected chi connectivity index (χ4v) is 2.90. The quantitative estimate of drug-likeness (QED) is 0.895. The number of aliphatic hydroxyl groups excluding tert-OH is 1. The van der Waals surface area contributed by atoms with Crippen LogP contribution in [-0.4, -0.2) is 31.8 Å². The predicted molar refractivity (Wildman–Crippen MR) is 74.5 cm³/mol. The molecule has 0 aromatic heterocycles. The summed E-state index contributed by atoms with van der Waals surface area (Å²) < 4.78 is 1.08. The van der Waals surface area contributed by atoms with Crippen LogP contribution >= 0.6 is 15.9 Å². The van der Waals surface area contributed by atoms with E-state index in [0.29, 0.717) is 6.54 Å². The van der Waals surface area contributed by atoms with Crippen molar-refractivity contribution in [2.24, 2.45) is 0 Å². The lowest BCUT2D eigenvalue weighted by Gasteiger charge is -2.20. The fraction of sp³-hybridized carbons (Fsp3) is 0.538. The number of hydrogen-bond acceptors (Lipinski definition) is 3. The van der Waals surface area contributed by atoms with E-state index in [0.717, 1.165) is 23.1 Å². The molecule has 1 heterocycles. The molecule has 1 aliphatic rings. The molecule has 1 aliphatic heterocycles. The van der Waals surface area contributed by atoms with Crippen LogP contribution < -0.4 is 10.2 Å². The first-order valence-corrected chi connectivity index (χ1v) is 6.88. The second-order valence-corrected chi connectivity index (χ2v) is 5.33. The zero-order valence-corrected chi connectivity index (χ0v) is 11.7. The third-order valence-corrected chi connectivity index (χ3v) is 3.84. The lowest BCUT2D eigenvalue weighted by molar-refractivity contribution is 0.177. The maximum absolute atomic E-state index is 9.90. The minimum Gasteiger partial charge on any atom is -0.387 e. The molecule has 0 spiro atoms. The van der Waals surface area contributed by atoms with Crippen LogP contribution in [0.5, 0.6) is 0 Å². The standard InChI is InChI=1S/C13H19BrN2O/c1-15-9-13(17)10-4-5-12(11(14)8-10)16-6-2-3-7-16/h4-5,8,13,15,17H,2-3,6-7,9H2,1H3. The van der Waals surface area contributed by atoms with E-state index in [1.54, 1.807) is 0 Å². The second-order valence-electron chi connectivity index (χ2n) is 4.48. The highest BCUT2D eigenvalue weighted by Crippen LogP contribution is 2.31. The molecule has 2 rings (SSSR count). The van der Waals surface area contributed by atoms with Crippen LogP contribution in [0.3, 0.4) is 0 Å². The van der Waals surface area contributed by atoms with Gasteiger partial charge in [0.05, 0.1) is 11.8 Å². The molecule has 0 aliphatic carbocycles. The summed E-state index contributed by atoms with van der Waals surface area (Å²) in [6.07, 6.45) is 2.11. The van der Waals surface area contributed by atoms with Crippen LogP contribution in [0, 0.1) is 0 Å². The summed E-state index contributed by atoms with van der Waals surface area (Å²) in [7, 11) is 1.84. The molecule has 17 heavy (non-hydrogen) atoms. The molecule has 1 fully saturated rings. The molecule has 94 valence electrons. The average molecular weight is 299 g/mol. The number of likely N-dealkylation sites (N-methyl/N-ethyl adjacent to an activating group) is 1. The van der Waals surface area contributed by atoms with Crippen molar-refractivity contribution in [1.29, 1.82) is 0 Å². The van der Waals surface area contributed by atoms with Crippen LogP contribution in [0.2, 0.25) is 0 Å². The van der Waals surface area contributed by atoms with Crippen LogP contribution in [0.15, 0.2) is 22.7 Å². The van der Waals surface area contributed by atoms with E-state index in [1.165, 1.54) is 18.5 Å². The molecule has 3 nitrogen and oxygen atoms in total.